The molecule has 118 valence electrons. The summed E-state index contributed by atoms with van der Waals surface area (Å²) in [7, 11) is 0. The Kier molecular flexibility index (Phi) is 4.10. The molecule has 0 aromatic heterocycles. The van der Waals surface area contributed by atoms with E-state index in [1.165, 1.54) is 19.1 Å². The zero-order valence-corrected chi connectivity index (χ0v) is 12.7. The van der Waals surface area contributed by atoms with E-state index in [9.17, 15) is 14.0 Å². The number of rotatable bonds is 4. The maximum atomic E-state index is 13.5. The van der Waals surface area contributed by atoms with Crippen molar-refractivity contribution in [3.8, 4) is 5.75 Å². The second-order valence-corrected chi connectivity index (χ2v) is 5.41. The zero-order chi connectivity index (χ0) is 16.4. The summed E-state index contributed by atoms with van der Waals surface area (Å²) in [6, 6.07) is 11.3. The fourth-order valence-corrected chi connectivity index (χ4v) is 2.66. The Morgan fingerprint density at radius 1 is 1.22 bits per heavy atom. The third-order valence-electron chi connectivity index (χ3n) is 3.87. The third kappa shape index (κ3) is 3.08. The van der Waals surface area contributed by atoms with Gasteiger partial charge in [0.2, 0.25) is 0 Å². The maximum Gasteiger partial charge on any atom is 0.264 e. The molecular formula is C18H16FNO3. The number of carbonyl (C=O) groups is 2. The zero-order valence-electron chi connectivity index (χ0n) is 12.7. The Hall–Kier alpha value is -2.69. The van der Waals surface area contributed by atoms with E-state index in [1.54, 1.807) is 29.2 Å². The molecule has 2 aromatic rings. The van der Waals surface area contributed by atoms with E-state index in [0.717, 1.165) is 11.3 Å². The van der Waals surface area contributed by atoms with E-state index < -0.39 is 5.82 Å². The Balaban J connectivity index is 1.71. The number of anilines is 1. The van der Waals surface area contributed by atoms with E-state index in [0.29, 0.717) is 18.5 Å². The molecule has 0 atom stereocenters. The van der Waals surface area contributed by atoms with Gasteiger partial charge in [0.25, 0.3) is 5.91 Å². The summed E-state index contributed by atoms with van der Waals surface area (Å²) in [5, 5.41) is 0. The van der Waals surface area contributed by atoms with Crippen LogP contribution in [0.15, 0.2) is 42.5 Å². The highest BCUT2D eigenvalue weighted by Crippen LogP contribution is 2.29. The summed E-state index contributed by atoms with van der Waals surface area (Å²) >= 11 is 0. The molecule has 0 radical (unpaired) electrons. The van der Waals surface area contributed by atoms with Crippen LogP contribution < -0.4 is 9.64 Å². The number of fused-ring (bicyclic) bond motifs is 1. The van der Waals surface area contributed by atoms with Crippen LogP contribution in [-0.4, -0.2) is 24.8 Å². The molecule has 3 rings (SSSR count). The van der Waals surface area contributed by atoms with Gasteiger partial charge in [0.05, 0.1) is 0 Å². The predicted octanol–water partition coefficient (Wildman–Crippen LogP) is 3.00. The van der Waals surface area contributed by atoms with Gasteiger partial charge in [-0.15, -0.1) is 0 Å². The first-order valence-corrected chi connectivity index (χ1v) is 7.38. The summed E-state index contributed by atoms with van der Waals surface area (Å²) in [6.07, 6.45) is 0.696. The molecule has 0 aliphatic carbocycles. The summed E-state index contributed by atoms with van der Waals surface area (Å²) in [5.41, 5.74) is 2.40. The molecule has 1 aliphatic heterocycles. The Morgan fingerprint density at radius 3 is 2.74 bits per heavy atom. The van der Waals surface area contributed by atoms with Crippen molar-refractivity contribution in [2.45, 2.75) is 13.3 Å². The van der Waals surface area contributed by atoms with E-state index in [4.69, 9.17) is 4.74 Å². The number of ketones is 1. The van der Waals surface area contributed by atoms with E-state index in [2.05, 4.69) is 0 Å². The number of para-hydroxylation sites is 1. The van der Waals surface area contributed by atoms with Gasteiger partial charge in [0, 0.05) is 17.8 Å². The minimum atomic E-state index is -0.492. The molecule has 4 nitrogen and oxygen atoms in total. The van der Waals surface area contributed by atoms with Crippen molar-refractivity contribution in [1.29, 1.82) is 0 Å². The van der Waals surface area contributed by atoms with Crippen molar-refractivity contribution in [2.75, 3.05) is 18.1 Å². The number of hydrogen-bond donors (Lipinski definition) is 0. The highest BCUT2D eigenvalue weighted by molar-refractivity contribution is 5.99. The smallest absolute Gasteiger partial charge is 0.264 e. The number of benzene rings is 2. The molecule has 1 heterocycles. The molecule has 0 bridgehead atoms. The van der Waals surface area contributed by atoms with Crippen LogP contribution in [0.4, 0.5) is 10.1 Å². The van der Waals surface area contributed by atoms with E-state index in [-0.39, 0.29) is 24.0 Å². The van der Waals surface area contributed by atoms with Gasteiger partial charge in [-0.25, -0.2) is 4.39 Å². The standard InChI is InChI=1S/C18H16FNO3/c1-12(21)13-6-7-16-14(10-13)8-9-20(16)18(22)11-23-17-5-3-2-4-15(17)19/h2-7,10H,8-9,11H2,1H3. The molecule has 0 N–H and O–H groups in total. The molecule has 1 amide bonds. The van der Waals surface area contributed by atoms with Crippen molar-refractivity contribution in [3.05, 3.63) is 59.4 Å². The number of hydrogen-bond acceptors (Lipinski definition) is 3. The average Bonchev–Trinajstić information content (AvgIpc) is 2.97. The Bertz CT molecular complexity index is 773. The van der Waals surface area contributed by atoms with Crippen LogP contribution in [0.5, 0.6) is 5.75 Å². The molecule has 1 aliphatic rings. The SMILES string of the molecule is CC(=O)c1ccc2c(c1)CCN2C(=O)COc1ccccc1F. The second-order valence-electron chi connectivity index (χ2n) is 5.41. The molecule has 0 unspecified atom stereocenters. The van der Waals surface area contributed by atoms with Gasteiger partial charge in [-0.3, -0.25) is 9.59 Å². The fourth-order valence-electron chi connectivity index (χ4n) is 2.66. The number of ether oxygens (including phenoxy) is 1. The van der Waals surface area contributed by atoms with Crippen molar-refractivity contribution in [3.63, 3.8) is 0 Å². The lowest BCUT2D eigenvalue weighted by Gasteiger charge is -2.18. The Labute approximate surface area is 133 Å². The predicted molar refractivity (Wildman–Crippen MR) is 84.4 cm³/mol. The van der Waals surface area contributed by atoms with Crippen LogP contribution >= 0.6 is 0 Å². The summed E-state index contributed by atoms with van der Waals surface area (Å²) in [5.74, 6) is -0.663. The lowest BCUT2D eigenvalue weighted by atomic mass is 10.1. The first-order chi connectivity index (χ1) is 11.1. The van der Waals surface area contributed by atoms with Crippen LogP contribution in [0, 0.1) is 5.82 Å². The van der Waals surface area contributed by atoms with Crippen LogP contribution in [0.3, 0.4) is 0 Å². The van der Waals surface area contributed by atoms with Gasteiger partial charge in [-0.2, -0.15) is 0 Å². The first kappa shape index (κ1) is 15.2. The monoisotopic (exact) mass is 313 g/mol. The van der Waals surface area contributed by atoms with Gasteiger partial charge < -0.3 is 9.64 Å². The van der Waals surface area contributed by atoms with Gasteiger partial charge >= 0.3 is 0 Å². The van der Waals surface area contributed by atoms with Gasteiger partial charge in [-0.1, -0.05) is 12.1 Å². The summed E-state index contributed by atoms with van der Waals surface area (Å²) < 4.78 is 18.8. The van der Waals surface area contributed by atoms with E-state index >= 15 is 0 Å². The average molecular weight is 313 g/mol. The number of nitrogens with zero attached hydrogens (tertiary/aromatic N) is 1. The topological polar surface area (TPSA) is 46.6 Å². The molecular weight excluding hydrogens is 297 g/mol. The van der Waals surface area contributed by atoms with Crippen LogP contribution in [0.1, 0.15) is 22.8 Å². The number of halogens is 1. The van der Waals surface area contributed by atoms with Crippen molar-refractivity contribution >= 4 is 17.4 Å². The summed E-state index contributed by atoms with van der Waals surface area (Å²) in [4.78, 5) is 25.4. The number of Topliss-reactive ketones (excluding diaryl/α,β-unsaturated/α-hetero) is 1. The van der Waals surface area contributed by atoms with Gasteiger partial charge in [0.1, 0.15) is 0 Å². The molecule has 2 aromatic carbocycles. The minimum Gasteiger partial charge on any atom is -0.481 e. The molecule has 0 saturated carbocycles. The summed E-state index contributed by atoms with van der Waals surface area (Å²) in [6.45, 7) is 1.83. The lowest BCUT2D eigenvalue weighted by Crippen LogP contribution is -2.33. The van der Waals surface area contributed by atoms with Crippen LogP contribution in [0.2, 0.25) is 0 Å². The highest BCUT2D eigenvalue weighted by atomic mass is 19.1. The number of carbonyl (C=O) groups excluding carboxylic acids is 2. The fraction of sp³-hybridized carbons (Fsp3) is 0.222. The van der Waals surface area contributed by atoms with Crippen LogP contribution in [-0.2, 0) is 11.2 Å². The lowest BCUT2D eigenvalue weighted by molar-refractivity contribution is -0.120. The normalized spacial score (nSPS) is 12.9. The largest absolute Gasteiger partial charge is 0.481 e. The molecule has 0 fully saturated rings. The third-order valence-corrected chi connectivity index (χ3v) is 3.87. The molecule has 5 heteroatoms. The minimum absolute atomic E-state index is 0.000428. The molecule has 0 saturated heterocycles. The van der Waals surface area contributed by atoms with Gasteiger partial charge in [0.15, 0.2) is 24.0 Å². The van der Waals surface area contributed by atoms with Crippen LogP contribution in [0.25, 0.3) is 0 Å². The molecule has 23 heavy (non-hydrogen) atoms. The van der Waals surface area contributed by atoms with Gasteiger partial charge in [-0.05, 0) is 49.2 Å². The van der Waals surface area contributed by atoms with E-state index in [1.807, 2.05) is 6.07 Å². The highest BCUT2D eigenvalue weighted by Gasteiger charge is 2.25. The first-order valence-electron chi connectivity index (χ1n) is 7.38. The second kappa shape index (κ2) is 6.20. The van der Waals surface area contributed by atoms with Crippen molar-refractivity contribution in [2.24, 2.45) is 0 Å². The maximum absolute atomic E-state index is 13.5. The quantitative estimate of drug-likeness (QED) is 0.815. The Morgan fingerprint density at radius 2 is 2.00 bits per heavy atom. The number of amides is 1. The van der Waals surface area contributed by atoms with Crippen molar-refractivity contribution in [1.82, 2.24) is 0 Å². The molecule has 0 spiro atoms. The van der Waals surface area contributed by atoms with Crippen molar-refractivity contribution < 1.29 is 18.7 Å².